The van der Waals surface area contributed by atoms with Crippen molar-refractivity contribution >= 4 is 56.4 Å². The molecule has 2 aromatic heterocycles. The predicted molar refractivity (Wildman–Crippen MR) is 223 cm³/mol. The Labute approximate surface area is 313 Å². The summed E-state index contributed by atoms with van der Waals surface area (Å²) in [7, 11) is -3.11. The van der Waals surface area contributed by atoms with Gasteiger partial charge in [-0.1, -0.05) is 170 Å². The second-order valence-corrected chi connectivity index (χ2v) is 17.4. The molecule has 10 aromatic rings. The van der Waals surface area contributed by atoms with Gasteiger partial charge < -0.3 is 4.23 Å². The van der Waals surface area contributed by atoms with E-state index in [-0.39, 0.29) is 0 Å². The average molecular weight is 706 g/mol. The summed E-state index contributed by atoms with van der Waals surface area (Å²) in [5.74, 6) is 2.94. The minimum atomic E-state index is -3.11. The number of hydrogen-bond donors (Lipinski definition) is 0. The summed E-state index contributed by atoms with van der Waals surface area (Å²) in [5.41, 5.74) is 6.18. The van der Waals surface area contributed by atoms with Crippen molar-refractivity contribution in [1.82, 2.24) is 24.2 Å². The van der Waals surface area contributed by atoms with Crippen molar-refractivity contribution in [3.63, 3.8) is 0 Å². The number of para-hydroxylation sites is 2. The molecule has 0 N–H and O–H groups in total. The zero-order valence-electron chi connectivity index (χ0n) is 29.1. The largest absolute Gasteiger partial charge is 0.339 e. The molecule has 0 aliphatic carbocycles. The van der Waals surface area contributed by atoms with Crippen LogP contribution in [0.4, 0.5) is 0 Å². The maximum atomic E-state index is 5.34. The third kappa shape index (κ3) is 4.57. The fraction of sp³-hybridized carbons (Fsp3) is 0. The van der Waals surface area contributed by atoms with Gasteiger partial charge in [-0.15, -0.1) is 0 Å². The molecule has 0 bridgehead atoms. The van der Waals surface area contributed by atoms with Gasteiger partial charge in [0.2, 0.25) is 0 Å². The summed E-state index contributed by atoms with van der Waals surface area (Å²) < 4.78 is 2.60. The first-order valence-electron chi connectivity index (χ1n) is 18.2. The number of hydrogen-bond acceptors (Lipinski definition) is 4. The summed E-state index contributed by atoms with van der Waals surface area (Å²) in [5, 5.41) is 8.52. The number of fused-ring (bicyclic) bond motifs is 7. The van der Waals surface area contributed by atoms with Crippen molar-refractivity contribution in [2.45, 2.75) is 0 Å². The maximum Gasteiger partial charge on any atom is 0.259 e. The standard InChI is InChI=1S/C48H31N5Si/c1-3-16-33(17-4-1)45-50-46(34-18-5-2-6-19-34)52-47(51-45)41-31-38(30-36-21-9-10-22-39(36)41)54(37-28-27-32-15-7-8-20-35(32)29-37)44-26-14-11-23-40(44)48-49-42-24-12-13-25-43(42)53(48)54/h1-31H. The first-order valence-corrected chi connectivity index (χ1v) is 20.2. The highest BCUT2D eigenvalue weighted by molar-refractivity contribution is 7.12. The minimum absolute atomic E-state index is 0.643. The minimum Gasteiger partial charge on any atom is -0.339 e. The molecule has 0 saturated heterocycles. The van der Waals surface area contributed by atoms with Crippen LogP contribution in [0, 0.1) is 0 Å². The van der Waals surface area contributed by atoms with Gasteiger partial charge in [-0.2, -0.15) is 0 Å². The average Bonchev–Trinajstić information content (AvgIpc) is 3.77. The topological polar surface area (TPSA) is 56.5 Å². The summed E-state index contributed by atoms with van der Waals surface area (Å²) in [6, 6.07) is 67.0. The number of rotatable bonds is 5. The van der Waals surface area contributed by atoms with Crippen LogP contribution in [0.3, 0.4) is 0 Å². The predicted octanol–water partition coefficient (Wildman–Crippen LogP) is 9.02. The molecule has 1 atom stereocenters. The van der Waals surface area contributed by atoms with E-state index in [1.165, 1.54) is 31.9 Å². The zero-order chi connectivity index (χ0) is 35.6. The van der Waals surface area contributed by atoms with E-state index in [0.29, 0.717) is 17.5 Å². The van der Waals surface area contributed by atoms with Crippen LogP contribution in [0.1, 0.15) is 0 Å². The Kier molecular flexibility index (Phi) is 6.81. The van der Waals surface area contributed by atoms with Crippen LogP contribution in [-0.2, 0) is 0 Å². The highest BCUT2D eigenvalue weighted by Gasteiger charge is 2.51. The van der Waals surface area contributed by atoms with Crippen LogP contribution in [0.5, 0.6) is 0 Å². The van der Waals surface area contributed by atoms with Crippen molar-refractivity contribution in [2.75, 3.05) is 0 Å². The molecule has 5 nitrogen and oxygen atoms in total. The lowest BCUT2D eigenvalue weighted by Gasteiger charge is -2.33. The van der Waals surface area contributed by atoms with Crippen molar-refractivity contribution < 1.29 is 0 Å². The maximum absolute atomic E-state index is 5.34. The number of imidazole rings is 1. The molecule has 1 unspecified atom stereocenters. The van der Waals surface area contributed by atoms with Gasteiger partial charge in [-0.3, -0.25) is 0 Å². The van der Waals surface area contributed by atoms with Crippen LogP contribution in [0.25, 0.3) is 78.1 Å². The van der Waals surface area contributed by atoms with Gasteiger partial charge >= 0.3 is 0 Å². The molecule has 6 heteroatoms. The molecule has 1 aliphatic heterocycles. The molecule has 11 rings (SSSR count). The number of nitrogens with zero attached hydrogens (tertiary/aromatic N) is 5. The first kappa shape index (κ1) is 30.6. The van der Waals surface area contributed by atoms with Gasteiger partial charge in [-0.25, -0.2) is 19.9 Å². The monoisotopic (exact) mass is 705 g/mol. The summed E-state index contributed by atoms with van der Waals surface area (Å²) in [6.07, 6.45) is 0. The third-order valence-corrected chi connectivity index (χ3v) is 15.5. The lowest BCUT2D eigenvalue weighted by Crippen LogP contribution is -2.70. The quantitative estimate of drug-likeness (QED) is 0.168. The van der Waals surface area contributed by atoms with E-state index in [1.807, 2.05) is 36.4 Å². The summed E-state index contributed by atoms with van der Waals surface area (Å²) in [6.45, 7) is 0. The van der Waals surface area contributed by atoms with Crippen molar-refractivity contribution in [3.8, 4) is 45.6 Å². The number of benzene rings is 8. The van der Waals surface area contributed by atoms with E-state index in [9.17, 15) is 0 Å². The second kappa shape index (κ2) is 12.0. The molecule has 1 aliphatic rings. The van der Waals surface area contributed by atoms with E-state index in [1.54, 1.807) is 0 Å². The fourth-order valence-electron chi connectivity index (χ4n) is 8.44. The van der Waals surface area contributed by atoms with E-state index in [0.717, 1.165) is 44.3 Å². The van der Waals surface area contributed by atoms with E-state index in [4.69, 9.17) is 19.9 Å². The van der Waals surface area contributed by atoms with Crippen molar-refractivity contribution in [1.29, 1.82) is 0 Å². The van der Waals surface area contributed by atoms with Crippen LogP contribution in [0.2, 0.25) is 0 Å². The first-order chi connectivity index (χ1) is 26.8. The summed E-state index contributed by atoms with van der Waals surface area (Å²) >= 11 is 0. The Bertz CT molecular complexity index is 3010. The van der Waals surface area contributed by atoms with Crippen molar-refractivity contribution in [3.05, 3.63) is 188 Å². The van der Waals surface area contributed by atoms with Gasteiger partial charge in [0.1, 0.15) is 5.82 Å². The Balaban J connectivity index is 1.27. The fourth-order valence-corrected chi connectivity index (χ4v) is 13.5. The van der Waals surface area contributed by atoms with E-state index < -0.39 is 8.24 Å². The molecule has 54 heavy (non-hydrogen) atoms. The van der Waals surface area contributed by atoms with Crippen LogP contribution in [-0.4, -0.2) is 32.4 Å². The molecule has 0 saturated carbocycles. The van der Waals surface area contributed by atoms with Gasteiger partial charge in [0.05, 0.1) is 11.0 Å². The lowest BCUT2D eigenvalue weighted by molar-refractivity contribution is 1.08. The molecule has 0 amide bonds. The second-order valence-electron chi connectivity index (χ2n) is 13.9. The molecular formula is C48H31N5Si. The highest BCUT2D eigenvalue weighted by Crippen LogP contribution is 2.37. The van der Waals surface area contributed by atoms with Crippen LogP contribution in [0.15, 0.2) is 188 Å². The zero-order valence-corrected chi connectivity index (χ0v) is 30.1. The van der Waals surface area contributed by atoms with Crippen molar-refractivity contribution in [2.24, 2.45) is 0 Å². The van der Waals surface area contributed by atoms with E-state index >= 15 is 0 Å². The van der Waals surface area contributed by atoms with Gasteiger partial charge in [0.15, 0.2) is 17.5 Å². The Morgan fingerprint density at radius 3 is 1.76 bits per heavy atom. The Hall–Kier alpha value is -7.02. The summed E-state index contributed by atoms with van der Waals surface area (Å²) in [4.78, 5) is 20.9. The SMILES string of the molecule is c1ccc(-c2nc(-c3ccccc3)nc(-c3cc([Si]4(c5ccc6ccccc6c5)c5ccccc5-c5nc6ccccc6n54)cc4ccccc34)n2)cc1. The smallest absolute Gasteiger partial charge is 0.259 e. The van der Waals surface area contributed by atoms with Crippen LogP contribution >= 0.6 is 0 Å². The van der Waals surface area contributed by atoms with Gasteiger partial charge in [-0.05, 0) is 55.3 Å². The van der Waals surface area contributed by atoms with Gasteiger partial charge in [0.25, 0.3) is 8.24 Å². The van der Waals surface area contributed by atoms with Gasteiger partial charge in [0, 0.05) is 22.3 Å². The molecular weight excluding hydrogens is 675 g/mol. The van der Waals surface area contributed by atoms with Crippen LogP contribution < -0.4 is 15.6 Å². The lowest BCUT2D eigenvalue weighted by atomic mass is 10.0. The Morgan fingerprint density at radius 2 is 0.981 bits per heavy atom. The molecule has 0 fully saturated rings. The van der Waals surface area contributed by atoms with E-state index in [2.05, 4.69) is 156 Å². The Morgan fingerprint density at radius 1 is 0.389 bits per heavy atom. The number of aromatic nitrogens is 5. The highest BCUT2D eigenvalue weighted by atomic mass is 28.3. The molecule has 3 heterocycles. The molecule has 0 spiro atoms. The third-order valence-electron chi connectivity index (χ3n) is 10.8. The normalized spacial score (nSPS) is 14.7. The molecule has 252 valence electrons. The molecule has 8 aromatic carbocycles. The molecule has 0 radical (unpaired) electrons.